The molecule has 0 spiro atoms. The van der Waals surface area contributed by atoms with Crippen molar-refractivity contribution in [2.24, 2.45) is 0 Å². The molecule has 2 heterocycles. The maximum Gasteiger partial charge on any atom is 0.410 e. The van der Waals surface area contributed by atoms with Crippen LogP contribution in [0.2, 0.25) is 0 Å². The number of hydrogen-bond acceptors (Lipinski definition) is 3. The lowest BCUT2D eigenvalue weighted by atomic mass is 9.93. The summed E-state index contributed by atoms with van der Waals surface area (Å²) in [5, 5.41) is 3.64. The lowest BCUT2D eigenvalue weighted by Crippen LogP contribution is -2.37. The third kappa shape index (κ3) is 3.72. The van der Waals surface area contributed by atoms with Gasteiger partial charge in [0.1, 0.15) is 21.0 Å². The van der Waals surface area contributed by atoms with Gasteiger partial charge >= 0.3 is 6.09 Å². The van der Waals surface area contributed by atoms with Gasteiger partial charge in [0.15, 0.2) is 0 Å². The van der Waals surface area contributed by atoms with Gasteiger partial charge < -0.3 is 19.5 Å². The van der Waals surface area contributed by atoms with Gasteiger partial charge in [-0.25, -0.2) is 4.79 Å². The van der Waals surface area contributed by atoms with Crippen LogP contribution in [0.25, 0.3) is 10.9 Å². The zero-order valence-corrected chi connectivity index (χ0v) is 16.4. The first kappa shape index (κ1) is 19.1. The van der Waals surface area contributed by atoms with E-state index in [2.05, 4.69) is 5.32 Å². The van der Waals surface area contributed by atoms with Crippen LogP contribution < -0.4 is 10.8 Å². The van der Waals surface area contributed by atoms with E-state index in [0.29, 0.717) is 25.0 Å². The van der Waals surface area contributed by atoms with Crippen LogP contribution in [-0.4, -0.2) is 42.9 Å². The first-order chi connectivity index (χ1) is 14.1. The summed E-state index contributed by atoms with van der Waals surface area (Å²) in [4.78, 5) is 26.4. The fourth-order valence-corrected chi connectivity index (χ4v) is 3.90. The van der Waals surface area contributed by atoms with Crippen molar-refractivity contribution in [2.75, 3.05) is 13.6 Å². The van der Waals surface area contributed by atoms with Crippen LogP contribution in [0.15, 0.2) is 48.5 Å². The summed E-state index contributed by atoms with van der Waals surface area (Å²) in [5.74, 6) is -0.0855. The van der Waals surface area contributed by atoms with E-state index in [-0.39, 0.29) is 25.2 Å². The highest BCUT2D eigenvalue weighted by atomic mass is 16.6. The van der Waals surface area contributed by atoms with Crippen molar-refractivity contribution >= 4 is 36.2 Å². The van der Waals surface area contributed by atoms with Crippen molar-refractivity contribution in [1.82, 2.24) is 14.8 Å². The zero-order chi connectivity index (χ0) is 20.4. The lowest BCUT2D eigenvalue weighted by Gasteiger charge is -2.27. The molecule has 146 valence electrons. The number of nitrogens with zero attached hydrogens (tertiary/aromatic N) is 2. The summed E-state index contributed by atoms with van der Waals surface area (Å²) >= 11 is 0. The van der Waals surface area contributed by atoms with Gasteiger partial charge in [-0.15, -0.1) is 0 Å². The molecule has 2 amide bonds. The average Bonchev–Trinajstić information content (AvgIpc) is 3.07. The first-order valence-corrected chi connectivity index (χ1v) is 9.63. The van der Waals surface area contributed by atoms with E-state index in [1.807, 2.05) is 53.1 Å². The number of amides is 2. The fraction of sp³-hybridized carbons (Fsp3) is 0.273. The topological polar surface area (TPSA) is 63.6 Å². The normalized spacial score (nSPS) is 13.2. The molecule has 1 aliphatic heterocycles. The Hall–Kier alpha value is -3.22. The molecule has 0 fully saturated rings. The number of nitrogens with one attached hydrogen (secondary N) is 1. The number of benzene rings is 2. The Balaban J connectivity index is 1.59. The number of para-hydroxylation sites is 1. The van der Waals surface area contributed by atoms with Gasteiger partial charge in [-0.05, 0) is 5.56 Å². The van der Waals surface area contributed by atoms with Gasteiger partial charge in [0.05, 0.1) is 6.54 Å². The highest BCUT2D eigenvalue weighted by Gasteiger charge is 2.28. The van der Waals surface area contributed by atoms with E-state index >= 15 is 0 Å². The molecule has 0 saturated heterocycles. The van der Waals surface area contributed by atoms with Gasteiger partial charge in [0.2, 0.25) is 5.91 Å². The van der Waals surface area contributed by atoms with Crippen LogP contribution in [0.3, 0.4) is 0 Å². The van der Waals surface area contributed by atoms with Gasteiger partial charge in [-0.1, -0.05) is 54.0 Å². The minimum Gasteiger partial charge on any atom is -0.445 e. The Morgan fingerprint density at radius 3 is 2.69 bits per heavy atom. The number of likely N-dealkylation sites (N-methyl/N-ethyl adjacent to an activating group) is 1. The number of hydrogen-bond donors (Lipinski definition) is 1. The smallest absolute Gasteiger partial charge is 0.410 e. The van der Waals surface area contributed by atoms with E-state index in [0.717, 1.165) is 27.7 Å². The predicted molar refractivity (Wildman–Crippen MR) is 112 cm³/mol. The lowest BCUT2D eigenvalue weighted by molar-refractivity contribution is -0.121. The van der Waals surface area contributed by atoms with E-state index < -0.39 is 0 Å². The summed E-state index contributed by atoms with van der Waals surface area (Å²) in [5.41, 5.74) is 4.50. The molecule has 1 aliphatic rings. The molecule has 0 aliphatic carbocycles. The third-order valence-electron chi connectivity index (χ3n) is 5.35. The van der Waals surface area contributed by atoms with Crippen LogP contribution in [0.4, 0.5) is 4.79 Å². The molecule has 2 aromatic carbocycles. The van der Waals surface area contributed by atoms with Crippen molar-refractivity contribution < 1.29 is 14.3 Å². The molecule has 4 rings (SSSR count). The first-order valence-electron chi connectivity index (χ1n) is 9.63. The third-order valence-corrected chi connectivity index (χ3v) is 5.35. The van der Waals surface area contributed by atoms with E-state index in [9.17, 15) is 9.59 Å². The minimum atomic E-state index is -0.337. The number of carbonyl (C=O) groups excluding carboxylic acids is 2. The van der Waals surface area contributed by atoms with Crippen molar-refractivity contribution in [2.45, 2.75) is 26.1 Å². The molecule has 7 heteroatoms. The Labute approximate surface area is 170 Å². The van der Waals surface area contributed by atoms with Crippen molar-refractivity contribution in [3.63, 3.8) is 0 Å². The minimum absolute atomic E-state index is 0.0855. The molecule has 1 aromatic heterocycles. The molecule has 3 aromatic rings. The molecular formula is C22H22BN3O3. The largest absolute Gasteiger partial charge is 0.445 e. The fourth-order valence-electron chi connectivity index (χ4n) is 3.90. The zero-order valence-electron chi connectivity index (χ0n) is 16.4. The summed E-state index contributed by atoms with van der Waals surface area (Å²) < 4.78 is 7.48. The van der Waals surface area contributed by atoms with Gasteiger partial charge in [-0.3, -0.25) is 4.79 Å². The number of ether oxygens (including phenoxy) is 1. The highest BCUT2D eigenvalue weighted by molar-refractivity contribution is 6.38. The number of rotatable bonds is 4. The van der Waals surface area contributed by atoms with Gasteiger partial charge in [0, 0.05) is 42.2 Å². The standard InChI is InChI=1S/C22H22BN3O3/c1-24-20(27)13-26-19-10-11-25(22(28)29-14-15-6-3-2-4-7-15)12-17(19)16-8-5-9-18(23)21(16)26/h2-9H,10-14H2,1H3,(H,24,27). The monoisotopic (exact) mass is 387 g/mol. The second kappa shape index (κ2) is 8.03. The van der Waals surface area contributed by atoms with E-state index in [1.165, 1.54) is 0 Å². The summed E-state index contributed by atoms with van der Waals surface area (Å²) in [6.07, 6.45) is 0.302. The van der Waals surface area contributed by atoms with Crippen molar-refractivity contribution in [1.29, 1.82) is 0 Å². The number of aromatic nitrogens is 1. The molecular weight excluding hydrogens is 365 g/mol. The number of carbonyl (C=O) groups is 2. The molecule has 0 saturated carbocycles. The molecule has 6 nitrogen and oxygen atoms in total. The molecule has 1 N–H and O–H groups in total. The second-order valence-corrected chi connectivity index (χ2v) is 7.14. The Bertz CT molecular complexity index is 1060. The predicted octanol–water partition coefficient (Wildman–Crippen LogP) is 1.88. The highest BCUT2D eigenvalue weighted by Crippen LogP contribution is 2.30. The Morgan fingerprint density at radius 2 is 1.93 bits per heavy atom. The average molecular weight is 387 g/mol. The maximum absolute atomic E-state index is 12.6. The summed E-state index contributed by atoms with van der Waals surface area (Å²) in [7, 11) is 7.85. The molecule has 29 heavy (non-hydrogen) atoms. The molecule has 0 unspecified atom stereocenters. The van der Waals surface area contributed by atoms with Crippen LogP contribution in [-0.2, 0) is 35.6 Å². The van der Waals surface area contributed by atoms with Gasteiger partial charge in [-0.2, -0.15) is 0 Å². The van der Waals surface area contributed by atoms with Crippen molar-refractivity contribution in [3.05, 3.63) is 65.4 Å². The Morgan fingerprint density at radius 1 is 1.14 bits per heavy atom. The SMILES string of the molecule is [B]c1cccc2c3c(n(CC(=O)NC)c12)CCN(C(=O)OCc1ccccc1)C3. The molecule has 0 bridgehead atoms. The maximum atomic E-state index is 12.6. The van der Waals surface area contributed by atoms with E-state index in [1.54, 1.807) is 11.9 Å². The summed E-state index contributed by atoms with van der Waals surface area (Å²) in [6.45, 7) is 1.41. The van der Waals surface area contributed by atoms with E-state index in [4.69, 9.17) is 12.6 Å². The quantitative estimate of drug-likeness (QED) is 0.696. The van der Waals surface area contributed by atoms with Crippen molar-refractivity contribution in [3.8, 4) is 0 Å². The van der Waals surface area contributed by atoms with Gasteiger partial charge in [0.25, 0.3) is 0 Å². The van der Waals surface area contributed by atoms with Crippen LogP contribution in [0.1, 0.15) is 16.8 Å². The second-order valence-electron chi connectivity index (χ2n) is 7.14. The van der Waals surface area contributed by atoms with Crippen LogP contribution in [0.5, 0.6) is 0 Å². The molecule has 0 atom stereocenters. The number of fused-ring (bicyclic) bond motifs is 3. The Kier molecular flexibility index (Phi) is 5.29. The molecule has 2 radical (unpaired) electrons. The van der Waals surface area contributed by atoms with Crippen LogP contribution in [0, 0.1) is 0 Å². The van der Waals surface area contributed by atoms with Crippen LogP contribution >= 0.6 is 0 Å². The summed E-state index contributed by atoms with van der Waals surface area (Å²) in [6, 6.07) is 15.3.